The molecule has 0 N–H and O–H groups in total. The molecule has 126 valence electrons. The molecule has 1 saturated carbocycles. The summed E-state index contributed by atoms with van der Waals surface area (Å²) in [5, 5.41) is 0. The van der Waals surface area contributed by atoms with E-state index in [0.717, 1.165) is 30.5 Å². The molecule has 2 aliphatic rings. The largest absolute Gasteiger partial charge is 0.493 e. The van der Waals surface area contributed by atoms with Gasteiger partial charge in [-0.1, -0.05) is 6.07 Å². The fourth-order valence-electron chi connectivity index (χ4n) is 3.84. The molecule has 2 unspecified atom stereocenters. The van der Waals surface area contributed by atoms with Crippen molar-refractivity contribution < 1.29 is 13.9 Å². The van der Waals surface area contributed by atoms with Crippen LogP contribution in [0.5, 0.6) is 5.75 Å². The molecule has 1 aliphatic carbocycles. The Morgan fingerprint density at radius 2 is 2.13 bits per heavy atom. The van der Waals surface area contributed by atoms with E-state index in [1.54, 1.807) is 12.1 Å². The summed E-state index contributed by atoms with van der Waals surface area (Å²) in [6, 6.07) is 4.78. The lowest BCUT2D eigenvalue weighted by Gasteiger charge is -2.29. The average molecular weight is 319 g/mol. The van der Waals surface area contributed by atoms with Gasteiger partial charge in [0, 0.05) is 12.5 Å². The van der Waals surface area contributed by atoms with Crippen LogP contribution in [0.1, 0.15) is 31.2 Å². The highest BCUT2D eigenvalue weighted by Gasteiger charge is 2.42. The Hall–Kier alpha value is -1.42. The number of carbonyl (C=O) groups excluding carboxylic acids is 1. The van der Waals surface area contributed by atoms with Crippen LogP contribution in [-0.2, 0) is 11.2 Å². The highest BCUT2D eigenvalue weighted by molar-refractivity contribution is 5.55. The third kappa shape index (κ3) is 4.31. The van der Waals surface area contributed by atoms with Gasteiger partial charge in [0.25, 0.3) is 0 Å². The van der Waals surface area contributed by atoms with E-state index in [1.165, 1.54) is 38.4 Å². The second kappa shape index (κ2) is 7.43. The van der Waals surface area contributed by atoms with Crippen LogP contribution in [0.3, 0.4) is 0 Å². The molecule has 1 saturated heterocycles. The van der Waals surface area contributed by atoms with Crippen molar-refractivity contribution >= 4 is 6.29 Å². The Balaban J connectivity index is 1.39. The standard InChI is InChI=1S/C19H26FNO2/c1-21-8-4-14(5-9-21)18-12-16(18)7-11-23-17-3-2-15(6-10-22)19(20)13-17/h2-3,10,13-14,16,18H,4-9,11-12H2,1H3. The van der Waals surface area contributed by atoms with Gasteiger partial charge in [-0.25, -0.2) is 4.39 Å². The second-order valence-corrected chi connectivity index (χ2v) is 7.06. The Morgan fingerprint density at radius 1 is 1.35 bits per heavy atom. The molecule has 2 fully saturated rings. The number of piperidine rings is 1. The molecule has 1 aromatic rings. The van der Waals surface area contributed by atoms with Gasteiger partial charge in [0.05, 0.1) is 6.61 Å². The predicted octanol–water partition coefficient (Wildman–Crippen LogP) is 3.31. The molecule has 1 aliphatic heterocycles. The van der Waals surface area contributed by atoms with Crippen molar-refractivity contribution in [1.82, 2.24) is 4.90 Å². The number of rotatable bonds is 7. The van der Waals surface area contributed by atoms with E-state index < -0.39 is 0 Å². The van der Waals surface area contributed by atoms with Crippen LogP contribution in [0.25, 0.3) is 0 Å². The number of likely N-dealkylation sites (tertiary alicyclic amines) is 1. The van der Waals surface area contributed by atoms with E-state index in [1.807, 2.05) is 0 Å². The first kappa shape index (κ1) is 16.4. The van der Waals surface area contributed by atoms with Crippen LogP contribution >= 0.6 is 0 Å². The van der Waals surface area contributed by atoms with Gasteiger partial charge in [0.2, 0.25) is 0 Å². The molecule has 0 spiro atoms. The number of ether oxygens (including phenoxy) is 1. The molecule has 0 aromatic heterocycles. The molecular formula is C19H26FNO2. The van der Waals surface area contributed by atoms with E-state index in [4.69, 9.17) is 4.74 Å². The van der Waals surface area contributed by atoms with Gasteiger partial charge >= 0.3 is 0 Å². The highest BCUT2D eigenvalue weighted by Crippen LogP contribution is 2.49. The van der Waals surface area contributed by atoms with Gasteiger partial charge in [0.1, 0.15) is 17.9 Å². The van der Waals surface area contributed by atoms with Crippen LogP contribution in [0.4, 0.5) is 4.39 Å². The second-order valence-electron chi connectivity index (χ2n) is 7.06. The third-order valence-corrected chi connectivity index (χ3v) is 5.43. The van der Waals surface area contributed by atoms with Gasteiger partial charge in [-0.2, -0.15) is 0 Å². The molecule has 3 rings (SSSR count). The summed E-state index contributed by atoms with van der Waals surface area (Å²) < 4.78 is 19.4. The van der Waals surface area contributed by atoms with E-state index in [-0.39, 0.29) is 12.2 Å². The third-order valence-electron chi connectivity index (χ3n) is 5.43. The van der Waals surface area contributed by atoms with Crippen LogP contribution < -0.4 is 4.74 Å². The van der Waals surface area contributed by atoms with Crippen molar-refractivity contribution in [3.63, 3.8) is 0 Å². The summed E-state index contributed by atoms with van der Waals surface area (Å²) in [5.74, 6) is 2.79. The molecule has 1 aromatic carbocycles. The number of aldehydes is 1. The zero-order valence-electron chi connectivity index (χ0n) is 13.8. The van der Waals surface area contributed by atoms with Crippen LogP contribution in [-0.4, -0.2) is 37.9 Å². The van der Waals surface area contributed by atoms with Gasteiger partial charge in [-0.05, 0) is 75.2 Å². The zero-order valence-corrected chi connectivity index (χ0v) is 13.8. The van der Waals surface area contributed by atoms with Gasteiger partial charge < -0.3 is 14.4 Å². The Kier molecular flexibility index (Phi) is 5.31. The minimum Gasteiger partial charge on any atom is -0.493 e. The highest BCUT2D eigenvalue weighted by atomic mass is 19.1. The number of nitrogens with zero attached hydrogens (tertiary/aromatic N) is 1. The summed E-state index contributed by atoms with van der Waals surface area (Å²) in [6.07, 6.45) is 5.91. The monoisotopic (exact) mass is 319 g/mol. The predicted molar refractivity (Wildman–Crippen MR) is 88.1 cm³/mol. The van der Waals surface area contributed by atoms with Crippen molar-refractivity contribution in [2.24, 2.45) is 17.8 Å². The molecule has 4 heteroatoms. The summed E-state index contributed by atoms with van der Waals surface area (Å²) in [4.78, 5) is 12.9. The smallest absolute Gasteiger partial charge is 0.130 e. The maximum Gasteiger partial charge on any atom is 0.130 e. The number of hydrogen-bond donors (Lipinski definition) is 0. The first-order valence-electron chi connectivity index (χ1n) is 8.70. The number of carbonyl (C=O) groups is 1. The number of hydrogen-bond acceptors (Lipinski definition) is 3. The van der Waals surface area contributed by atoms with Gasteiger partial charge in [-0.3, -0.25) is 0 Å². The fraction of sp³-hybridized carbons (Fsp3) is 0.632. The lowest BCUT2D eigenvalue weighted by Crippen LogP contribution is -2.31. The SMILES string of the molecule is CN1CCC(C2CC2CCOc2ccc(CC=O)c(F)c2)CC1. The van der Waals surface area contributed by atoms with Crippen molar-refractivity contribution in [2.45, 2.75) is 32.1 Å². The first-order valence-corrected chi connectivity index (χ1v) is 8.70. The summed E-state index contributed by atoms with van der Waals surface area (Å²) in [7, 11) is 2.20. The maximum absolute atomic E-state index is 13.7. The fourth-order valence-corrected chi connectivity index (χ4v) is 3.84. The summed E-state index contributed by atoms with van der Waals surface area (Å²) >= 11 is 0. The summed E-state index contributed by atoms with van der Waals surface area (Å²) in [6.45, 7) is 3.12. The van der Waals surface area contributed by atoms with Crippen molar-refractivity contribution in [3.8, 4) is 5.75 Å². The summed E-state index contributed by atoms with van der Waals surface area (Å²) in [5.41, 5.74) is 0.428. The zero-order chi connectivity index (χ0) is 16.2. The van der Waals surface area contributed by atoms with E-state index in [9.17, 15) is 9.18 Å². The quantitative estimate of drug-likeness (QED) is 0.722. The minimum atomic E-state index is -0.356. The van der Waals surface area contributed by atoms with E-state index in [2.05, 4.69) is 11.9 Å². The molecule has 3 nitrogen and oxygen atoms in total. The van der Waals surface area contributed by atoms with Crippen LogP contribution in [0, 0.1) is 23.6 Å². The molecule has 0 amide bonds. The molecular weight excluding hydrogens is 293 g/mol. The van der Waals surface area contributed by atoms with Crippen molar-refractivity contribution in [3.05, 3.63) is 29.6 Å². The van der Waals surface area contributed by atoms with Crippen LogP contribution in [0.2, 0.25) is 0 Å². The molecule has 0 bridgehead atoms. The Labute approximate surface area is 137 Å². The normalized spacial score (nSPS) is 25.3. The van der Waals surface area contributed by atoms with Gasteiger partial charge in [-0.15, -0.1) is 0 Å². The minimum absolute atomic E-state index is 0.118. The molecule has 0 radical (unpaired) electrons. The number of halogens is 1. The lowest BCUT2D eigenvalue weighted by atomic mass is 9.91. The Morgan fingerprint density at radius 3 is 2.83 bits per heavy atom. The molecule has 23 heavy (non-hydrogen) atoms. The number of benzene rings is 1. The lowest BCUT2D eigenvalue weighted by molar-refractivity contribution is -0.107. The van der Waals surface area contributed by atoms with Crippen LogP contribution in [0.15, 0.2) is 18.2 Å². The van der Waals surface area contributed by atoms with Crippen molar-refractivity contribution in [1.29, 1.82) is 0 Å². The molecule has 1 heterocycles. The van der Waals surface area contributed by atoms with E-state index in [0.29, 0.717) is 17.9 Å². The maximum atomic E-state index is 13.7. The topological polar surface area (TPSA) is 29.5 Å². The first-order chi connectivity index (χ1) is 11.2. The van der Waals surface area contributed by atoms with E-state index >= 15 is 0 Å². The van der Waals surface area contributed by atoms with Crippen molar-refractivity contribution in [2.75, 3.05) is 26.7 Å². The van der Waals surface area contributed by atoms with Gasteiger partial charge in [0.15, 0.2) is 0 Å². The Bertz CT molecular complexity index is 540. The average Bonchev–Trinajstić information content (AvgIpc) is 3.30. The molecule has 2 atom stereocenters.